The van der Waals surface area contributed by atoms with Gasteiger partial charge in [-0.2, -0.15) is 0 Å². The smallest absolute Gasteiger partial charge is 0.270 e. The van der Waals surface area contributed by atoms with Crippen molar-refractivity contribution in [2.75, 3.05) is 7.05 Å². The summed E-state index contributed by atoms with van der Waals surface area (Å²) >= 11 is 0. The Kier molecular flexibility index (Phi) is 6.59. The molecule has 0 aliphatic heterocycles. The lowest BCUT2D eigenvalue weighted by molar-refractivity contribution is -0.384. The standard InChI is InChI=1S/C15H20N2O5S/c1-4-5-9-14(23(21,22)16-3)15(11(2)18)12-7-6-8-13(10-12)17(19)20/h6-8,10,16H,4-5,9H2,1-3H3. The number of Topliss-reactive ketones (excluding diaryl/α,β-unsaturated/α-hetero) is 1. The summed E-state index contributed by atoms with van der Waals surface area (Å²) in [5, 5.41) is 10.9. The number of ketones is 1. The Morgan fingerprint density at radius 1 is 1.35 bits per heavy atom. The number of allylic oxidation sites excluding steroid dienone is 2. The SMILES string of the molecule is CCCCC(=C(C(C)=O)c1cccc([N+](=O)[O-])c1)S(=O)(=O)NC. The van der Waals surface area contributed by atoms with Gasteiger partial charge in [0.15, 0.2) is 5.78 Å². The van der Waals surface area contributed by atoms with Crippen molar-refractivity contribution < 1.29 is 18.1 Å². The second-order valence-electron chi connectivity index (χ2n) is 4.97. The first-order valence-electron chi connectivity index (χ1n) is 7.17. The van der Waals surface area contributed by atoms with Crippen LogP contribution in [0.1, 0.15) is 38.7 Å². The Labute approximate surface area is 135 Å². The highest BCUT2D eigenvalue weighted by Gasteiger charge is 2.24. The van der Waals surface area contributed by atoms with E-state index >= 15 is 0 Å². The molecule has 0 bridgehead atoms. The molecule has 1 N–H and O–H groups in total. The Hall–Kier alpha value is -2.06. The molecule has 0 fully saturated rings. The van der Waals surface area contributed by atoms with Gasteiger partial charge in [0.2, 0.25) is 10.0 Å². The maximum absolute atomic E-state index is 12.3. The molecule has 8 heteroatoms. The molecule has 0 saturated carbocycles. The van der Waals surface area contributed by atoms with Crippen LogP contribution in [0.4, 0.5) is 5.69 Å². The third-order valence-electron chi connectivity index (χ3n) is 3.33. The monoisotopic (exact) mass is 340 g/mol. The highest BCUT2D eigenvalue weighted by Crippen LogP contribution is 2.29. The third kappa shape index (κ3) is 4.70. The number of unbranched alkanes of at least 4 members (excludes halogenated alkanes) is 1. The molecule has 1 aromatic carbocycles. The van der Waals surface area contributed by atoms with Gasteiger partial charge in [-0.1, -0.05) is 25.5 Å². The van der Waals surface area contributed by atoms with Crippen molar-refractivity contribution in [2.45, 2.75) is 33.1 Å². The fourth-order valence-corrected chi connectivity index (χ4v) is 3.38. The van der Waals surface area contributed by atoms with Gasteiger partial charge < -0.3 is 0 Å². The number of rotatable bonds is 8. The molecule has 0 atom stereocenters. The van der Waals surface area contributed by atoms with Gasteiger partial charge in [-0.05, 0) is 32.4 Å². The maximum Gasteiger partial charge on any atom is 0.270 e. The molecule has 1 aromatic rings. The molecule has 0 unspecified atom stereocenters. The first kappa shape index (κ1) is 19.0. The second kappa shape index (κ2) is 7.98. The molecule has 0 heterocycles. The van der Waals surface area contributed by atoms with E-state index in [1.54, 1.807) is 0 Å². The molecule has 0 amide bonds. The van der Waals surface area contributed by atoms with Crippen LogP contribution in [0, 0.1) is 10.1 Å². The van der Waals surface area contributed by atoms with Crippen molar-refractivity contribution in [3.05, 3.63) is 44.8 Å². The number of benzene rings is 1. The summed E-state index contributed by atoms with van der Waals surface area (Å²) in [7, 11) is -2.55. The highest BCUT2D eigenvalue weighted by atomic mass is 32.2. The van der Waals surface area contributed by atoms with Crippen LogP contribution in [0.3, 0.4) is 0 Å². The average molecular weight is 340 g/mol. The number of sulfonamides is 1. The quantitative estimate of drug-likeness (QED) is 0.445. The van der Waals surface area contributed by atoms with Crippen molar-refractivity contribution in [1.29, 1.82) is 0 Å². The molecule has 23 heavy (non-hydrogen) atoms. The van der Waals surface area contributed by atoms with Crippen LogP contribution in [-0.4, -0.2) is 26.2 Å². The molecular formula is C15H20N2O5S. The summed E-state index contributed by atoms with van der Waals surface area (Å²) in [6, 6.07) is 5.44. The van der Waals surface area contributed by atoms with E-state index in [1.807, 2.05) is 6.92 Å². The first-order valence-corrected chi connectivity index (χ1v) is 8.65. The van der Waals surface area contributed by atoms with Crippen LogP contribution < -0.4 is 4.72 Å². The molecule has 7 nitrogen and oxygen atoms in total. The zero-order chi connectivity index (χ0) is 17.6. The van der Waals surface area contributed by atoms with E-state index < -0.39 is 20.7 Å². The van der Waals surface area contributed by atoms with Gasteiger partial charge in [-0.15, -0.1) is 0 Å². The summed E-state index contributed by atoms with van der Waals surface area (Å²) in [6.07, 6.45) is 1.53. The summed E-state index contributed by atoms with van der Waals surface area (Å²) in [6.45, 7) is 3.16. The minimum absolute atomic E-state index is 0.00324. The van der Waals surface area contributed by atoms with E-state index in [0.29, 0.717) is 6.42 Å². The Morgan fingerprint density at radius 2 is 2.00 bits per heavy atom. The normalized spacial score (nSPS) is 12.7. The largest absolute Gasteiger partial charge is 0.294 e. The van der Waals surface area contributed by atoms with E-state index in [2.05, 4.69) is 4.72 Å². The zero-order valence-electron chi connectivity index (χ0n) is 13.3. The predicted molar refractivity (Wildman–Crippen MR) is 88.2 cm³/mol. The predicted octanol–water partition coefficient (Wildman–Crippen LogP) is 2.63. The number of hydrogen-bond donors (Lipinski definition) is 1. The molecule has 0 radical (unpaired) electrons. The van der Waals surface area contributed by atoms with Gasteiger partial charge >= 0.3 is 0 Å². The summed E-state index contributed by atoms with van der Waals surface area (Å²) in [5.41, 5.74) is 0.0334. The van der Waals surface area contributed by atoms with E-state index in [1.165, 1.54) is 38.2 Å². The number of nitro benzene ring substituents is 1. The number of nitrogens with one attached hydrogen (secondary N) is 1. The van der Waals surface area contributed by atoms with Crippen LogP contribution in [0.2, 0.25) is 0 Å². The number of nitrogens with zero attached hydrogens (tertiary/aromatic N) is 1. The Balaban J connectivity index is 3.65. The van der Waals surface area contributed by atoms with Crippen LogP contribution in [-0.2, 0) is 14.8 Å². The fraction of sp³-hybridized carbons (Fsp3) is 0.400. The van der Waals surface area contributed by atoms with Gasteiger partial charge in [0.05, 0.1) is 9.83 Å². The summed E-state index contributed by atoms with van der Waals surface area (Å²) < 4.78 is 26.8. The van der Waals surface area contributed by atoms with Crippen LogP contribution in [0.25, 0.3) is 5.57 Å². The van der Waals surface area contributed by atoms with Crippen LogP contribution in [0.15, 0.2) is 29.2 Å². The zero-order valence-corrected chi connectivity index (χ0v) is 14.1. The molecule has 0 aromatic heterocycles. The third-order valence-corrected chi connectivity index (χ3v) is 4.92. The van der Waals surface area contributed by atoms with Crippen molar-refractivity contribution in [3.63, 3.8) is 0 Å². The minimum atomic E-state index is -3.82. The summed E-state index contributed by atoms with van der Waals surface area (Å²) in [4.78, 5) is 22.4. The number of hydrogen-bond acceptors (Lipinski definition) is 5. The van der Waals surface area contributed by atoms with Crippen molar-refractivity contribution >= 4 is 27.1 Å². The Morgan fingerprint density at radius 3 is 2.48 bits per heavy atom. The lowest BCUT2D eigenvalue weighted by Crippen LogP contribution is -2.23. The molecule has 0 spiro atoms. The molecule has 1 rings (SSSR count). The van der Waals surface area contributed by atoms with E-state index in [9.17, 15) is 23.3 Å². The molecule has 126 valence electrons. The molecular weight excluding hydrogens is 320 g/mol. The lowest BCUT2D eigenvalue weighted by Gasteiger charge is -2.14. The highest BCUT2D eigenvalue weighted by molar-refractivity contribution is 7.93. The van der Waals surface area contributed by atoms with Crippen molar-refractivity contribution in [2.24, 2.45) is 0 Å². The number of non-ortho nitro benzene ring substituents is 1. The van der Waals surface area contributed by atoms with Gasteiger partial charge in [0.25, 0.3) is 5.69 Å². The Bertz CT molecular complexity index is 738. The maximum atomic E-state index is 12.3. The van der Waals surface area contributed by atoms with Gasteiger partial charge in [-0.3, -0.25) is 14.9 Å². The minimum Gasteiger partial charge on any atom is -0.294 e. The van der Waals surface area contributed by atoms with Gasteiger partial charge in [0.1, 0.15) is 0 Å². The summed E-state index contributed by atoms with van der Waals surface area (Å²) in [5.74, 6) is -0.449. The van der Waals surface area contributed by atoms with Gasteiger partial charge in [-0.25, -0.2) is 13.1 Å². The van der Waals surface area contributed by atoms with E-state index in [-0.39, 0.29) is 28.1 Å². The average Bonchev–Trinajstić information content (AvgIpc) is 2.50. The number of carbonyl (C=O) groups excluding carboxylic acids is 1. The fourth-order valence-electron chi connectivity index (χ4n) is 2.19. The van der Waals surface area contributed by atoms with E-state index in [0.717, 1.165) is 6.42 Å². The van der Waals surface area contributed by atoms with Crippen molar-refractivity contribution in [1.82, 2.24) is 4.72 Å². The topological polar surface area (TPSA) is 106 Å². The molecule has 0 saturated heterocycles. The molecule has 0 aliphatic rings. The lowest BCUT2D eigenvalue weighted by atomic mass is 10.00. The first-order chi connectivity index (χ1) is 10.7. The van der Waals surface area contributed by atoms with Crippen LogP contribution >= 0.6 is 0 Å². The number of carbonyl (C=O) groups is 1. The number of nitro groups is 1. The van der Waals surface area contributed by atoms with Crippen LogP contribution in [0.5, 0.6) is 0 Å². The van der Waals surface area contributed by atoms with E-state index in [4.69, 9.17) is 0 Å². The molecule has 0 aliphatic carbocycles. The van der Waals surface area contributed by atoms with Gasteiger partial charge in [0, 0.05) is 17.7 Å². The van der Waals surface area contributed by atoms with Crippen molar-refractivity contribution in [3.8, 4) is 0 Å². The second-order valence-corrected chi connectivity index (χ2v) is 6.88.